The van der Waals surface area contributed by atoms with Crippen LogP contribution in [0.2, 0.25) is 0 Å². The number of halogens is 1. The lowest BCUT2D eigenvalue weighted by Gasteiger charge is -2.28. The molecule has 0 fully saturated rings. The Morgan fingerprint density at radius 2 is 2.17 bits per heavy atom. The van der Waals surface area contributed by atoms with Crippen LogP contribution in [0.25, 0.3) is 0 Å². The van der Waals surface area contributed by atoms with Gasteiger partial charge in [0.25, 0.3) is 0 Å². The van der Waals surface area contributed by atoms with Gasteiger partial charge < -0.3 is 4.90 Å². The van der Waals surface area contributed by atoms with E-state index in [0.717, 1.165) is 23.3 Å². The molecule has 18 heavy (non-hydrogen) atoms. The number of carbonyl (C=O) groups excluding carboxylic acids is 1. The molecule has 0 saturated heterocycles. The van der Waals surface area contributed by atoms with Crippen molar-refractivity contribution in [1.82, 2.24) is 4.90 Å². The summed E-state index contributed by atoms with van der Waals surface area (Å²) in [7, 11) is 0. The standard InChI is InChI=1S/C14H18BrNOS/c1-14(2,9-18-3)13(17)16-7-10-5-4-6-12(15)11(10)8-16/h4-6H,7-9H2,1-3H3. The van der Waals surface area contributed by atoms with Crippen LogP contribution in [0, 0.1) is 5.41 Å². The van der Waals surface area contributed by atoms with E-state index in [0.29, 0.717) is 0 Å². The van der Waals surface area contributed by atoms with Gasteiger partial charge in [0.15, 0.2) is 0 Å². The highest BCUT2D eigenvalue weighted by atomic mass is 79.9. The first-order chi connectivity index (χ1) is 8.45. The van der Waals surface area contributed by atoms with Gasteiger partial charge in [0.05, 0.1) is 5.41 Å². The Bertz CT molecular complexity index is 473. The third kappa shape index (κ3) is 2.59. The van der Waals surface area contributed by atoms with Gasteiger partial charge in [-0.2, -0.15) is 11.8 Å². The fourth-order valence-corrected chi connectivity index (χ4v) is 3.75. The molecule has 1 aliphatic rings. The lowest BCUT2D eigenvalue weighted by atomic mass is 9.94. The summed E-state index contributed by atoms with van der Waals surface area (Å²) in [5.41, 5.74) is 2.23. The number of amides is 1. The van der Waals surface area contributed by atoms with Gasteiger partial charge in [0.1, 0.15) is 0 Å². The smallest absolute Gasteiger partial charge is 0.229 e. The van der Waals surface area contributed by atoms with E-state index in [9.17, 15) is 4.79 Å². The fraction of sp³-hybridized carbons (Fsp3) is 0.500. The minimum atomic E-state index is -0.284. The Kier molecular flexibility index (Phi) is 4.07. The van der Waals surface area contributed by atoms with Crippen molar-refractivity contribution >= 4 is 33.6 Å². The molecule has 0 aromatic heterocycles. The van der Waals surface area contributed by atoms with E-state index in [2.05, 4.69) is 22.0 Å². The maximum absolute atomic E-state index is 12.5. The van der Waals surface area contributed by atoms with Gasteiger partial charge in [-0.05, 0) is 23.4 Å². The summed E-state index contributed by atoms with van der Waals surface area (Å²) in [5, 5.41) is 0. The number of carbonyl (C=O) groups is 1. The number of benzene rings is 1. The molecule has 0 unspecified atom stereocenters. The van der Waals surface area contributed by atoms with Crippen molar-refractivity contribution in [3.8, 4) is 0 Å². The van der Waals surface area contributed by atoms with Crippen LogP contribution in [0.3, 0.4) is 0 Å². The molecule has 2 rings (SSSR count). The number of nitrogens with zero attached hydrogens (tertiary/aromatic N) is 1. The quantitative estimate of drug-likeness (QED) is 0.844. The molecular formula is C14H18BrNOS. The molecule has 1 aromatic carbocycles. The Hall–Kier alpha value is -0.480. The molecule has 0 spiro atoms. The minimum Gasteiger partial charge on any atom is -0.333 e. The first-order valence-corrected chi connectivity index (χ1v) is 8.19. The Morgan fingerprint density at radius 1 is 1.44 bits per heavy atom. The summed E-state index contributed by atoms with van der Waals surface area (Å²) in [6.07, 6.45) is 2.05. The van der Waals surface area contributed by atoms with Gasteiger partial charge in [-0.15, -0.1) is 0 Å². The van der Waals surface area contributed by atoms with Crippen LogP contribution < -0.4 is 0 Å². The summed E-state index contributed by atoms with van der Waals surface area (Å²) in [4.78, 5) is 14.5. The molecule has 4 heteroatoms. The number of hydrogen-bond acceptors (Lipinski definition) is 2. The zero-order valence-electron chi connectivity index (χ0n) is 11.0. The van der Waals surface area contributed by atoms with Gasteiger partial charge in [0.2, 0.25) is 5.91 Å². The van der Waals surface area contributed by atoms with E-state index >= 15 is 0 Å². The van der Waals surface area contributed by atoms with E-state index in [4.69, 9.17) is 0 Å². The maximum Gasteiger partial charge on any atom is 0.229 e. The molecule has 0 atom stereocenters. The molecule has 0 aliphatic carbocycles. The van der Waals surface area contributed by atoms with Crippen LogP contribution in [0.4, 0.5) is 0 Å². The summed E-state index contributed by atoms with van der Waals surface area (Å²) in [5.74, 6) is 1.11. The summed E-state index contributed by atoms with van der Waals surface area (Å²) in [6, 6.07) is 6.18. The molecule has 0 N–H and O–H groups in total. The number of rotatable bonds is 3. The van der Waals surface area contributed by atoms with E-state index in [1.54, 1.807) is 11.8 Å². The Balaban J connectivity index is 2.16. The average molecular weight is 328 g/mol. The zero-order valence-corrected chi connectivity index (χ0v) is 13.4. The van der Waals surface area contributed by atoms with Crippen molar-refractivity contribution in [3.63, 3.8) is 0 Å². The molecule has 0 bridgehead atoms. The van der Waals surface area contributed by atoms with Crippen LogP contribution in [0.15, 0.2) is 22.7 Å². The van der Waals surface area contributed by atoms with Crippen molar-refractivity contribution < 1.29 is 4.79 Å². The Morgan fingerprint density at radius 3 is 2.78 bits per heavy atom. The van der Waals surface area contributed by atoms with Crippen LogP contribution in [-0.2, 0) is 17.9 Å². The van der Waals surface area contributed by atoms with Gasteiger partial charge in [-0.25, -0.2) is 0 Å². The normalized spacial score (nSPS) is 14.8. The van der Waals surface area contributed by atoms with Crippen molar-refractivity contribution in [1.29, 1.82) is 0 Å². The molecule has 0 radical (unpaired) electrons. The highest BCUT2D eigenvalue weighted by Crippen LogP contribution is 2.33. The van der Waals surface area contributed by atoms with Gasteiger partial charge in [-0.3, -0.25) is 4.79 Å². The average Bonchev–Trinajstić information content (AvgIpc) is 2.73. The summed E-state index contributed by atoms with van der Waals surface area (Å²) >= 11 is 5.29. The van der Waals surface area contributed by atoms with Crippen LogP contribution >= 0.6 is 27.7 Å². The molecule has 1 aliphatic heterocycles. The second-order valence-electron chi connectivity index (χ2n) is 5.36. The Labute approximate surface area is 121 Å². The third-order valence-corrected chi connectivity index (χ3v) is 5.05. The predicted molar refractivity (Wildman–Crippen MR) is 80.6 cm³/mol. The fourth-order valence-electron chi connectivity index (χ4n) is 2.38. The first kappa shape index (κ1) is 13.9. The van der Waals surface area contributed by atoms with Crippen LogP contribution in [0.1, 0.15) is 25.0 Å². The predicted octanol–water partition coefficient (Wildman–Crippen LogP) is 3.68. The van der Waals surface area contributed by atoms with Crippen LogP contribution in [-0.4, -0.2) is 22.8 Å². The lowest BCUT2D eigenvalue weighted by Crippen LogP contribution is -2.39. The highest BCUT2D eigenvalue weighted by Gasteiger charge is 2.34. The second-order valence-corrected chi connectivity index (χ2v) is 7.08. The molecule has 1 amide bonds. The first-order valence-electron chi connectivity index (χ1n) is 6.00. The number of thioether (sulfide) groups is 1. The monoisotopic (exact) mass is 327 g/mol. The second kappa shape index (κ2) is 5.25. The van der Waals surface area contributed by atoms with Crippen molar-refractivity contribution in [2.75, 3.05) is 12.0 Å². The number of fused-ring (bicyclic) bond motifs is 1. The summed E-state index contributed by atoms with van der Waals surface area (Å²) < 4.78 is 1.11. The van der Waals surface area contributed by atoms with Crippen molar-refractivity contribution in [2.45, 2.75) is 26.9 Å². The largest absolute Gasteiger partial charge is 0.333 e. The van der Waals surface area contributed by atoms with Gasteiger partial charge >= 0.3 is 0 Å². The third-order valence-electron chi connectivity index (χ3n) is 3.30. The summed E-state index contributed by atoms with van der Waals surface area (Å²) in [6.45, 7) is 5.53. The van der Waals surface area contributed by atoms with E-state index < -0.39 is 0 Å². The van der Waals surface area contributed by atoms with Gasteiger partial charge in [0, 0.05) is 23.3 Å². The SMILES string of the molecule is CSCC(C)(C)C(=O)N1Cc2cccc(Br)c2C1. The molecule has 1 heterocycles. The van der Waals surface area contributed by atoms with Crippen molar-refractivity contribution in [3.05, 3.63) is 33.8 Å². The zero-order chi connectivity index (χ0) is 13.3. The molecule has 1 aromatic rings. The van der Waals surface area contributed by atoms with Crippen molar-refractivity contribution in [2.24, 2.45) is 5.41 Å². The molecule has 0 saturated carbocycles. The minimum absolute atomic E-state index is 0.250. The molecule has 98 valence electrons. The molecule has 2 nitrogen and oxygen atoms in total. The number of hydrogen-bond donors (Lipinski definition) is 0. The highest BCUT2D eigenvalue weighted by molar-refractivity contribution is 9.10. The lowest BCUT2D eigenvalue weighted by molar-refractivity contribution is -0.139. The molecular weight excluding hydrogens is 310 g/mol. The maximum atomic E-state index is 12.5. The van der Waals surface area contributed by atoms with E-state index in [-0.39, 0.29) is 11.3 Å². The topological polar surface area (TPSA) is 20.3 Å². The van der Waals surface area contributed by atoms with Gasteiger partial charge in [-0.1, -0.05) is 41.9 Å². The van der Waals surface area contributed by atoms with E-state index in [1.165, 1.54) is 11.1 Å². The van der Waals surface area contributed by atoms with Crippen LogP contribution in [0.5, 0.6) is 0 Å². The van der Waals surface area contributed by atoms with E-state index in [1.807, 2.05) is 37.1 Å².